The van der Waals surface area contributed by atoms with Gasteiger partial charge in [-0.2, -0.15) is 0 Å². The molecule has 4 atom stereocenters. The topological polar surface area (TPSA) is 129 Å². The molecule has 164 valence electrons. The van der Waals surface area contributed by atoms with E-state index in [1.807, 2.05) is 0 Å². The van der Waals surface area contributed by atoms with E-state index in [0.29, 0.717) is 12.8 Å². The van der Waals surface area contributed by atoms with Crippen LogP contribution in [0.25, 0.3) is 0 Å². The summed E-state index contributed by atoms with van der Waals surface area (Å²) in [5.74, 6) is 8.19. The second kappa shape index (κ2) is 11.3. The highest BCUT2D eigenvalue weighted by Gasteiger charge is 2.41. The van der Waals surface area contributed by atoms with Gasteiger partial charge in [-0.3, -0.25) is 23.4 Å². The smallest absolute Gasteiger partial charge is 0.382 e. The fourth-order valence-electron chi connectivity index (χ4n) is 2.90. The summed E-state index contributed by atoms with van der Waals surface area (Å²) >= 11 is 0. The minimum Gasteiger partial charge on any atom is -0.382 e. The second-order valence-corrected chi connectivity index (χ2v) is 8.05. The normalized spacial score (nSPS) is 22.7. The van der Waals surface area contributed by atoms with Crippen molar-refractivity contribution in [3.63, 3.8) is 0 Å². The largest absolute Gasteiger partial charge is 0.472 e. The van der Waals surface area contributed by atoms with E-state index in [1.54, 1.807) is 0 Å². The summed E-state index contributed by atoms with van der Waals surface area (Å²) in [5.41, 5.74) is -1.20. The number of terminal acetylenes is 1. The molecule has 0 aliphatic carbocycles. The molecule has 11 heteroatoms. The van der Waals surface area contributed by atoms with Crippen molar-refractivity contribution in [1.29, 1.82) is 0 Å². The predicted molar refractivity (Wildman–Crippen MR) is 108 cm³/mol. The number of nitrogens with one attached hydrogen (secondary N) is 1. The highest BCUT2D eigenvalue weighted by molar-refractivity contribution is 7.47. The number of unbranched alkanes of at least 4 members (excludes halogenated alkanes) is 3. The van der Waals surface area contributed by atoms with Gasteiger partial charge in [-0.05, 0) is 12.8 Å². The molecular formula is C19H25N2O8P. The zero-order valence-electron chi connectivity index (χ0n) is 16.8. The third-order valence-corrected chi connectivity index (χ3v) is 5.38. The molecule has 2 N–H and O–H groups in total. The van der Waals surface area contributed by atoms with Crippen molar-refractivity contribution in [3.05, 3.63) is 32.6 Å². The Balaban J connectivity index is 2.21. The zero-order valence-corrected chi connectivity index (χ0v) is 17.7. The van der Waals surface area contributed by atoms with Crippen LogP contribution in [-0.2, 0) is 23.1 Å². The summed E-state index contributed by atoms with van der Waals surface area (Å²) in [4.78, 5) is 36.2. The lowest BCUT2D eigenvalue weighted by Gasteiger charge is -2.19. The number of aromatic amines is 1. The van der Waals surface area contributed by atoms with Crippen LogP contribution in [0.5, 0.6) is 0 Å². The number of hydrogen-bond acceptors (Lipinski definition) is 7. The van der Waals surface area contributed by atoms with E-state index in [0.717, 1.165) is 20.0 Å². The summed E-state index contributed by atoms with van der Waals surface area (Å²) in [6, 6.07) is 0. The monoisotopic (exact) mass is 440 g/mol. The molecule has 2 heterocycles. The van der Waals surface area contributed by atoms with Gasteiger partial charge in [0.2, 0.25) is 0 Å². The molecule has 0 bridgehead atoms. The van der Waals surface area contributed by atoms with Gasteiger partial charge in [-0.15, -0.1) is 12.3 Å². The molecule has 1 aliphatic heterocycles. The molecule has 1 fully saturated rings. The highest BCUT2D eigenvalue weighted by atomic mass is 31.2. The molecule has 0 spiro atoms. The number of rotatable bonds is 9. The lowest BCUT2D eigenvalue weighted by Crippen LogP contribution is -2.33. The van der Waals surface area contributed by atoms with Crippen molar-refractivity contribution in [2.24, 2.45) is 0 Å². The summed E-state index contributed by atoms with van der Waals surface area (Å²) in [6.45, 7) is 0.0628. The first-order valence-electron chi connectivity index (χ1n) is 9.30. The lowest BCUT2D eigenvalue weighted by atomic mass is 10.2. The number of aromatic nitrogens is 2. The van der Waals surface area contributed by atoms with Gasteiger partial charge in [0.25, 0.3) is 5.56 Å². The van der Waals surface area contributed by atoms with Crippen LogP contribution >= 0.6 is 7.82 Å². The summed E-state index contributed by atoms with van der Waals surface area (Å²) in [6.07, 6.45) is 7.00. The number of phosphoric acid groups is 1. The first-order valence-corrected chi connectivity index (χ1v) is 10.8. The Morgan fingerprint density at radius 2 is 2.10 bits per heavy atom. The summed E-state index contributed by atoms with van der Waals surface area (Å²) in [5, 5.41) is 0. The van der Waals surface area contributed by atoms with Crippen LogP contribution in [-0.4, -0.2) is 47.5 Å². The Morgan fingerprint density at radius 3 is 2.77 bits per heavy atom. The Kier molecular flexibility index (Phi) is 9.07. The van der Waals surface area contributed by atoms with E-state index in [9.17, 15) is 19.0 Å². The number of nitrogens with zero attached hydrogens (tertiary/aromatic N) is 1. The molecule has 1 aliphatic rings. The van der Waals surface area contributed by atoms with Crippen LogP contribution in [0.15, 0.2) is 15.8 Å². The maximum atomic E-state index is 12.3. The van der Waals surface area contributed by atoms with Crippen molar-refractivity contribution < 1.29 is 28.0 Å². The van der Waals surface area contributed by atoms with Crippen molar-refractivity contribution >= 4 is 7.82 Å². The molecule has 10 nitrogen and oxygen atoms in total. The number of hydrogen-bond donors (Lipinski definition) is 2. The molecular weight excluding hydrogens is 415 g/mol. The number of phosphoric ester groups is 1. The van der Waals surface area contributed by atoms with Crippen molar-refractivity contribution in [3.8, 4) is 24.2 Å². The molecule has 1 aromatic rings. The van der Waals surface area contributed by atoms with Crippen molar-refractivity contribution in [2.75, 3.05) is 20.8 Å². The second-order valence-electron chi connectivity index (χ2n) is 6.54. The lowest BCUT2D eigenvalue weighted by molar-refractivity contribution is -0.0544. The predicted octanol–water partition coefficient (Wildman–Crippen LogP) is 1.15. The number of H-pyrrole nitrogens is 1. The SMILES string of the molecule is C#CCCCCC#Cc1cn([C@H]2CC(OP(=O)(O)OC)[C@@H](COC)O2)c(=O)[nH]c1=O. The fraction of sp³-hybridized carbons (Fsp3) is 0.579. The van der Waals surface area contributed by atoms with E-state index >= 15 is 0 Å². The third-order valence-electron chi connectivity index (χ3n) is 4.38. The maximum absolute atomic E-state index is 12.3. The van der Waals surface area contributed by atoms with Gasteiger partial charge in [-0.1, -0.05) is 11.8 Å². The molecule has 0 saturated carbocycles. The van der Waals surface area contributed by atoms with Gasteiger partial charge < -0.3 is 14.4 Å². The maximum Gasteiger partial charge on any atom is 0.472 e. The standard InChI is InChI=1S/C19H25N2O8P/c1-4-5-6-7-8-9-10-14-12-21(19(23)20-18(14)22)17-11-15(16(28-17)13-26-2)29-30(24,25)27-3/h1,12,15-17H,5-8,11,13H2,2-3H3,(H,24,25)(H,20,22,23)/t15?,16-,17-/m1/s1. The molecule has 30 heavy (non-hydrogen) atoms. The third kappa shape index (κ3) is 6.68. The van der Waals surface area contributed by atoms with Gasteiger partial charge >= 0.3 is 13.5 Å². The number of ether oxygens (including phenoxy) is 2. The molecule has 0 amide bonds. The zero-order chi connectivity index (χ0) is 22.1. The summed E-state index contributed by atoms with van der Waals surface area (Å²) in [7, 11) is -1.79. The molecule has 0 aromatic carbocycles. The van der Waals surface area contributed by atoms with Gasteiger partial charge in [0.1, 0.15) is 24.0 Å². The van der Waals surface area contributed by atoms with Gasteiger partial charge in [0.15, 0.2) is 0 Å². The minimum atomic E-state index is -4.27. The molecule has 2 rings (SSSR count). The fourth-order valence-corrected chi connectivity index (χ4v) is 3.55. The quantitative estimate of drug-likeness (QED) is 0.332. The average molecular weight is 440 g/mol. The molecule has 1 saturated heterocycles. The van der Waals surface area contributed by atoms with E-state index in [2.05, 4.69) is 27.3 Å². The average Bonchev–Trinajstić information content (AvgIpc) is 3.07. The Morgan fingerprint density at radius 1 is 1.37 bits per heavy atom. The Bertz CT molecular complexity index is 983. The van der Waals surface area contributed by atoms with Crippen LogP contribution in [0.2, 0.25) is 0 Å². The van der Waals surface area contributed by atoms with Crippen molar-refractivity contribution in [1.82, 2.24) is 9.55 Å². The van der Waals surface area contributed by atoms with Crippen LogP contribution in [0, 0.1) is 24.2 Å². The molecule has 0 radical (unpaired) electrons. The van der Waals surface area contributed by atoms with Crippen molar-refractivity contribution in [2.45, 2.75) is 50.5 Å². The Labute approximate surface area is 174 Å². The van der Waals surface area contributed by atoms with Crippen LogP contribution < -0.4 is 11.2 Å². The van der Waals surface area contributed by atoms with E-state index in [4.69, 9.17) is 20.4 Å². The Hall–Kier alpha value is -2.17. The molecule has 2 unspecified atom stereocenters. The van der Waals surface area contributed by atoms with Gasteiger partial charge in [0, 0.05) is 39.7 Å². The van der Waals surface area contributed by atoms with E-state index in [-0.39, 0.29) is 18.6 Å². The molecule has 1 aromatic heterocycles. The first-order chi connectivity index (χ1) is 14.3. The summed E-state index contributed by atoms with van der Waals surface area (Å²) < 4.78 is 33.4. The van der Waals surface area contributed by atoms with Crippen LogP contribution in [0.3, 0.4) is 0 Å². The van der Waals surface area contributed by atoms with Crippen LogP contribution in [0.4, 0.5) is 0 Å². The number of methoxy groups -OCH3 is 1. The van der Waals surface area contributed by atoms with Crippen LogP contribution in [0.1, 0.15) is 43.9 Å². The van der Waals surface area contributed by atoms with Gasteiger partial charge in [-0.25, -0.2) is 9.36 Å². The first kappa shape index (κ1) is 24.1. The van der Waals surface area contributed by atoms with E-state index in [1.165, 1.54) is 17.9 Å². The van der Waals surface area contributed by atoms with Gasteiger partial charge in [0.05, 0.1) is 6.61 Å². The minimum absolute atomic E-state index is 0.0623. The highest BCUT2D eigenvalue weighted by Crippen LogP contribution is 2.47. The van der Waals surface area contributed by atoms with E-state index < -0.39 is 37.5 Å².